The van der Waals surface area contributed by atoms with Crippen LogP contribution >= 0.6 is 0 Å². The first kappa shape index (κ1) is 31.3. The van der Waals surface area contributed by atoms with Gasteiger partial charge in [0.2, 0.25) is 0 Å². The summed E-state index contributed by atoms with van der Waals surface area (Å²) in [4.78, 5) is 16.4. The molecule has 3 aromatic heterocycles. The SMILES string of the molecule is CC(OCc1c(F)cccc1F)C1=Cc2cc3[nH]c(cc4nc(cc5ccc(cc1n2)[nH]5)C=C4)cc3C(C)OCc1c(F)cccc1F. The van der Waals surface area contributed by atoms with Gasteiger partial charge in [0.25, 0.3) is 0 Å². The molecule has 7 rings (SSSR count). The lowest BCUT2D eigenvalue weighted by Crippen LogP contribution is -2.11. The van der Waals surface area contributed by atoms with Crippen molar-refractivity contribution in [3.05, 3.63) is 142 Å². The first-order valence-electron chi connectivity index (χ1n) is 15.4. The Balaban J connectivity index is 1.32. The molecule has 242 valence electrons. The highest BCUT2D eigenvalue weighted by Crippen LogP contribution is 2.31. The Morgan fingerprint density at radius 2 is 1.17 bits per heavy atom. The molecule has 0 spiro atoms. The number of halogens is 4. The molecule has 2 aromatic carbocycles. The van der Waals surface area contributed by atoms with E-state index in [2.05, 4.69) is 9.97 Å². The molecule has 5 heterocycles. The first-order chi connectivity index (χ1) is 23.2. The third-order valence-electron chi connectivity index (χ3n) is 8.31. The topological polar surface area (TPSA) is 75.8 Å². The van der Waals surface area contributed by atoms with Crippen LogP contribution < -0.4 is 0 Å². The van der Waals surface area contributed by atoms with Gasteiger partial charge >= 0.3 is 0 Å². The van der Waals surface area contributed by atoms with E-state index in [1.165, 1.54) is 36.4 Å². The Morgan fingerprint density at radius 3 is 1.79 bits per heavy atom. The molecule has 5 aromatic rings. The number of ether oxygens (including phenoxy) is 2. The van der Waals surface area contributed by atoms with Crippen LogP contribution in [0.5, 0.6) is 0 Å². The number of benzene rings is 2. The zero-order chi connectivity index (χ0) is 33.4. The second-order valence-electron chi connectivity index (χ2n) is 11.7. The summed E-state index contributed by atoms with van der Waals surface area (Å²) < 4.78 is 69.4. The fourth-order valence-corrected chi connectivity index (χ4v) is 5.73. The van der Waals surface area contributed by atoms with E-state index >= 15 is 0 Å². The lowest BCUT2D eigenvalue weighted by molar-refractivity contribution is 0.0500. The van der Waals surface area contributed by atoms with Gasteiger partial charge in [-0.25, -0.2) is 27.5 Å². The van der Waals surface area contributed by atoms with Gasteiger partial charge in [-0.1, -0.05) is 12.1 Å². The molecule has 10 heteroatoms. The zero-order valence-corrected chi connectivity index (χ0v) is 26.0. The number of aromatic nitrogens is 4. The Morgan fingerprint density at radius 1 is 0.604 bits per heavy atom. The predicted octanol–water partition coefficient (Wildman–Crippen LogP) is 9.47. The lowest BCUT2D eigenvalue weighted by atomic mass is 10.1. The zero-order valence-electron chi connectivity index (χ0n) is 26.0. The molecular formula is C38H30F4N4O2. The van der Waals surface area contributed by atoms with E-state index in [0.717, 1.165) is 33.5 Å². The average Bonchev–Trinajstić information content (AvgIpc) is 3.85. The standard InChI is InChI=1S/C38H30F4N4O2/c1-21(47-19-31-33(39)5-3-6-34(31)40)29-15-27-14-25-10-9-23(43-25)13-24-11-12-26(44-24)17-37-30(16-28(46-37)18-38(29)45-27)22(2)48-20-32-35(41)7-4-8-36(32)42/h3-18,21-22,44-45H,19-20H2,1-2H3. The van der Waals surface area contributed by atoms with Crippen LogP contribution in [0.25, 0.3) is 45.9 Å². The largest absolute Gasteiger partial charge is 0.369 e. The van der Waals surface area contributed by atoms with Crippen LogP contribution in [0.1, 0.15) is 59.4 Å². The van der Waals surface area contributed by atoms with E-state index in [1.807, 2.05) is 67.6 Å². The van der Waals surface area contributed by atoms with Crippen molar-refractivity contribution in [1.82, 2.24) is 19.9 Å². The van der Waals surface area contributed by atoms with Crippen LogP contribution in [0.15, 0.2) is 78.9 Å². The maximum absolute atomic E-state index is 14.3. The Labute approximate surface area is 273 Å². The van der Waals surface area contributed by atoms with Gasteiger partial charge in [0.1, 0.15) is 23.3 Å². The summed E-state index contributed by atoms with van der Waals surface area (Å²) in [5.74, 6) is -2.71. The Hall–Kier alpha value is -5.32. The van der Waals surface area contributed by atoms with Crippen molar-refractivity contribution in [1.29, 1.82) is 0 Å². The van der Waals surface area contributed by atoms with E-state index in [-0.39, 0.29) is 24.3 Å². The van der Waals surface area contributed by atoms with Crippen LogP contribution in [0, 0.1) is 23.3 Å². The van der Waals surface area contributed by atoms with Crippen LogP contribution in [-0.4, -0.2) is 26.0 Å². The summed E-state index contributed by atoms with van der Waals surface area (Å²) in [7, 11) is 0. The number of hydrogen-bond acceptors (Lipinski definition) is 4. The van der Waals surface area contributed by atoms with Crippen molar-refractivity contribution < 1.29 is 27.0 Å². The minimum Gasteiger partial charge on any atom is -0.369 e. The molecule has 48 heavy (non-hydrogen) atoms. The van der Waals surface area contributed by atoms with Crippen molar-refractivity contribution in [2.75, 3.05) is 0 Å². The van der Waals surface area contributed by atoms with Gasteiger partial charge in [-0.05, 0) is 98.8 Å². The van der Waals surface area contributed by atoms with E-state index in [0.29, 0.717) is 22.5 Å². The van der Waals surface area contributed by atoms with Gasteiger partial charge in [0, 0.05) is 44.3 Å². The number of nitrogens with one attached hydrogen (secondary N) is 2. The first-order valence-corrected chi connectivity index (χ1v) is 15.4. The molecule has 0 amide bonds. The van der Waals surface area contributed by atoms with Crippen LogP contribution in [-0.2, 0) is 22.7 Å². The van der Waals surface area contributed by atoms with Gasteiger partial charge in [0.05, 0.1) is 48.2 Å². The minimum atomic E-state index is -0.677. The fraction of sp³-hybridized carbons (Fsp3) is 0.158. The second-order valence-corrected chi connectivity index (χ2v) is 11.7. The normalized spacial score (nSPS) is 13.8. The molecule has 2 atom stereocenters. The molecule has 6 nitrogen and oxygen atoms in total. The van der Waals surface area contributed by atoms with Crippen LogP contribution in [0.4, 0.5) is 17.6 Å². The highest BCUT2D eigenvalue weighted by atomic mass is 19.1. The average molecular weight is 651 g/mol. The Kier molecular flexibility index (Phi) is 8.51. The van der Waals surface area contributed by atoms with Crippen molar-refractivity contribution in [3.63, 3.8) is 0 Å². The van der Waals surface area contributed by atoms with Crippen LogP contribution in [0.2, 0.25) is 0 Å². The summed E-state index contributed by atoms with van der Waals surface area (Å²) in [6.45, 7) is 3.08. The van der Waals surface area contributed by atoms with Gasteiger partial charge in [-0.3, -0.25) is 0 Å². The summed E-state index contributed by atoms with van der Waals surface area (Å²) in [6.07, 6.45) is 4.55. The third-order valence-corrected chi connectivity index (χ3v) is 8.31. The predicted molar refractivity (Wildman–Crippen MR) is 178 cm³/mol. The van der Waals surface area contributed by atoms with E-state index in [1.54, 1.807) is 6.92 Å². The van der Waals surface area contributed by atoms with Gasteiger partial charge < -0.3 is 19.4 Å². The maximum atomic E-state index is 14.3. The molecule has 0 fully saturated rings. The molecule has 0 aliphatic carbocycles. The molecule has 2 N–H and O–H groups in total. The molecule has 2 aliphatic heterocycles. The van der Waals surface area contributed by atoms with E-state index < -0.39 is 35.5 Å². The molecule has 0 saturated heterocycles. The van der Waals surface area contributed by atoms with Crippen molar-refractivity contribution in [3.8, 4) is 0 Å². The number of hydrogen-bond donors (Lipinski definition) is 2. The van der Waals surface area contributed by atoms with Crippen molar-refractivity contribution >= 4 is 45.9 Å². The maximum Gasteiger partial charge on any atom is 0.131 e. The lowest BCUT2D eigenvalue weighted by Gasteiger charge is -2.15. The number of nitrogens with zero attached hydrogens (tertiary/aromatic N) is 2. The monoisotopic (exact) mass is 650 g/mol. The fourth-order valence-electron chi connectivity index (χ4n) is 5.73. The quantitative estimate of drug-likeness (QED) is 0.161. The van der Waals surface area contributed by atoms with Gasteiger partial charge in [-0.15, -0.1) is 0 Å². The molecule has 2 unspecified atom stereocenters. The number of H-pyrrole nitrogens is 2. The van der Waals surface area contributed by atoms with E-state index in [4.69, 9.17) is 19.4 Å². The highest BCUT2D eigenvalue weighted by molar-refractivity contribution is 5.87. The number of aromatic amines is 2. The molecule has 0 radical (unpaired) electrons. The summed E-state index contributed by atoms with van der Waals surface area (Å²) in [5.41, 5.74) is 6.90. The highest BCUT2D eigenvalue weighted by Gasteiger charge is 2.21. The van der Waals surface area contributed by atoms with Crippen LogP contribution in [0.3, 0.4) is 0 Å². The molecule has 0 saturated carbocycles. The van der Waals surface area contributed by atoms with Gasteiger partial charge in [0.15, 0.2) is 0 Å². The molecule has 8 bridgehead atoms. The van der Waals surface area contributed by atoms with E-state index in [9.17, 15) is 17.6 Å². The summed E-state index contributed by atoms with van der Waals surface area (Å²) >= 11 is 0. The second kappa shape index (κ2) is 13.1. The summed E-state index contributed by atoms with van der Waals surface area (Å²) in [5, 5.41) is 0. The molecule has 2 aliphatic rings. The summed E-state index contributed by atoms with van der Waals surface area (Å²) in [6, 6.07) is 20.7. The number of rotatable bonds is 8. The third kappa shape index (κ3) is 6.58. The minimum absolute atomic E-state index is 0.147. The van der Waals surface area contributed by atoms with Crippen molar-refractivity contribution in [2.45, 2.75) is 39.3 Å². The van der Waals surface area contributed by atoms with Crippen molar-refractivity contribution in [2.24, 2.45) is 0 Å². The molecular weight excluding hydrogens is 620 g/mol. The smallest absolute Gasteiger partial charge is 0.131 e. The number of fused-ring (bicyclic) bond motifs is 8. The van der Waals surface area contributed by atoms with Gasteiger partial charge in [-0.2, -0.15) is 0 Å². The Bertz CT molecular complexity index is 2210.